The zero-order valence-electron chi connectivity index (χ0n) is 10.6. The van der Waals surface area contributed by atoms with Crippen LogP contribution in [0.4, 0.5) is 23.2 Å². The van der Waals surface area contributed by atoms with Gasteiger partial charge < -0.3 is 5.32 Å². The summed E-state index contributed by atoms with van der Waals surface area (Å²) in [5.74, 6) is -1.53. The molecule has 116 valence electrons. The van der Waals surface area contributed by atoms with Crippen LogP contribution in [-0.2, 0) is 6.18 Å². The Hall–Kier alpha value is -1.35. The molecule has 0 fully saturated rings. The van der Waals surface area contributed by atoms with Crippen molar-refractivity contribution in [1.29, 1.82) is 0 Å². The van der Waals surface area contributed by atoms with Crippen molar-refractivity contribution in [2.24, 2.45) is 0 Å². The first-order valence-electron chi connectivity index (χ1n) is 5.82. The number of halogens is 6. The minimum absolute atomic E-state index is 0.0248. The van der Waals surface area contributed by atoms with Gasteiger partial charge in [0.05, 0.1) is 16.3 Å². The number of hydrogen-bond donors (Lipinski definition) is 1. The lowest BCUT2D eigenvalue weighted by Gasteiger charge is -2.11. The van der Waals surface area contributed by atoms with Gasteiger partial charge >= 0.3 is 6.18 Å². The van der Waals surface area contributed by atoms with Gasteiger partial charge in [0.1, 0.15) is 0 Å². The average molecular weight is 444 g/mol. The molecule has 0 heterocycles. The lowest BCUT2D eigenvalue weighted by Crippen LogP contribution is -2.15. The summed E-state index contributed by atoms with van der Waals surface area (Å²) < 4.78 is 51.6. The third kappa shape index (κ3) is 3.70. The van der Waals surface area contributed by atoms with Crippen LogP contribution in [0.25, 0.3) is 0 Å². The van der Waals surface area contributed by atoms with Crippen molar-refractivity contribution in [3.63, 3.8) is 0 Å². The molecule has 0 aromatic heterocycles. The Morgan fingerprint density at radius 3 is 2.23 bits per heavy atom. The lowest BCUT2D eigenvalue weighted by atomic mass is 10.1. The summed E-state index contributed by atoms with van der Waals surface area (Å²) in [7, 11) is 0. The summed E-state index contributed by atoms with van der Waals surface area (Å²) in [4.78, 5) is 12.0. The van der Waals surface area contributed by atoms with Gasteiger partial charge in [0.25, 0.3) is 5.91 Å². The number of amides is 1. The van der Waals surface area contributed by atoms with Gasteiger partial charge in [0, 0.05) is 9.13 Å². The number of nitrogens with one attached hydrogen (secondary N) is 1. The van der Waals surface area contributed by atoms with Crippen LogP contribution in [0.15, 0.2) is 36.4 Å². The van der Waals surface area contributed by atoms with Gasteiger partial charge in [-0.05, 0) is 59.0 Å². The Bertz CT molecular complexity index is 716. The first-order valence-corrected chi connectivity index (χ1v) is 7.28. The molecule has 0 radical (unpaired) electrons. The van der Waals surface area contributed by atoms with Crippen molar-refractivity contribution in [2.75, 3.05) is 5.32 Å². The maximum atomic E-state index is 13.9. The smallest absolute Gasteiger partial charge is 0.319 e. The van der Waals surface area contributed by atoms with Crippen molar-refractivity contribution >= 4 is 45.8 Å². The highest BCUT2D eigenvalue weighted by molar-refractivity contribution is 14.1. The maximum absolute atomic E-state index is 13.9. The molecule has 0 unspecified atom stereocenters. The van der Waals surface area contributed by atoms with Crippen molar-refractivity contribution < 1.29 is 22.4 Å². The second kappa shape index (κ2) is 6.41. The molecule has 0 aliphatic heterocycles. The Labute approximate surface area is 141 Å². The molecule has 2 rings (SSSR count). The molecule has 0 aliphatic carbocycles. The van der Waals surface area contributed by atoms with Crippen molar-refractivity contribution in [2.45, 2.75) is 6.18 Å². The molecule has 8 heteroatoms. The van der Waals surface area contributed by atoms with E-state index in [0.717, 1.165) is 24.3 Å². The summed E-state index contributed by atoms with van der Waals surface area (Å²) in [6.07, 6.45) is -4.48. The number of rotatable bonds is 2. The van der Waals surface area contributed by atoms with Crippen molar-refractivity contribution in [3.05, 3.63) is 61.9 Å². The summed E-state index contributed by atoms with van der Waals surface area (Å²) >= 11 is 7.44. The topological polar surface area (TPSA) is 29.1 Å². The van der Waals surface area contributed by atoms with E-state index >= 15 is 0 Å². The van der Waals surface area contributed by atoms with E-state index in [2.05, 4.69) is 5.32 Å². The van der Waals surface area contributed by atoms with Gasteiger partial charge in [-0.3, -0.25) is 4.79 Å². The van der Waals surface area contributed by atoms with Crippen LogP contribution in [0, 0.1) is 9.39 Å². The zero-order chi connectivity index (χ0) is 16.5. The molecule has 2 aromatic rings. The van der Waals surface area contributed by atoms with Crippen LogP contribution in [0.5, 0.6) is 0 Å². The summed E-state index contributed by atoms with van der Waals surface area (Å²) in [5, 5.41) is 2.14. The van der Waals surface area contributed by atoms with Crippen LogP contribution in [0.2, 0.25) is 5.02 Å². The SMILES string of the molecule is O=C(Nc1c(I)ccc(Cl)c1F)c1ccc(C(F)(F)F)cc1. The van der Waals surface area contributed by atoms with E-state index in [1.165, 1.54) is 12.1 Å². The highest BCUT2D eigenvalue weighted by Crippen LogP contribution is 2.30. The monoisotopic (exact) mass is 443 g/mol. The molecule has 0 spiro atoms. The number of anilines is 1. The zero-order valence-corrected chi connectivity index (χ0v) is 13.6. The van der Waals surface area contributed by atoms with E-state index in [9.17, 15) is 22.4 Å². The number of alkyl halides is 3. The van der Waals surface area contributed by atoms with Gasteiger partial charge in [-0.1, -0.05) is 11.6 Å². The first kappa shape index (κ1) is 17.0. The molecule has 0 saturated carbocycles. The van der Waals surface area contributed by atoms with Gasteiger partial charge in [-0.2, -0.15) is 13.2 Å². The number of carbonyl (C=O) groups excluding carboxylic acids is 1. The van der Waals surface area contributed by atoms with Gasteiger partial charge in [-0.25, -0.2) is 4.39 Å². The number of benzene rings is 2. The third-order valence-electron chi connectivity index (χ3n) is 2.76. The Balaban J connectivity index is 2.25. The standard InChI is InChI=1S/C14H7ClF4INO/c15-9-5-6-10(20)12(11(9)16)21-13(22)7-1-3-8(4-2-7)14(17,18)19/h1-6H,(H,21,22). The quantitative estimate of drug-likeness (QED) is 0.378. The second-order valence-electron chi connectivity index (χ2n) is 4.25. The predicted molar refractivity (Wildman–Crippen MR) is 83.5 cm³/mol. The average Bonchev–Trinajstić information content (AvgIpc) is 2.46. The van der Waals surface area contributed by atoms with E-state index in [1.807, 2.05) is 22.6 Å². The largest absolute Gasteiger partial charge is 0.416 e. The normalized spacial score (nSPS) is 11.4. The summed E-state index contributed by atoms with van der Waals surface area (Å²) in [6, 6.07) is 6.46. The Morgan fingerprint density at radius 2 is 1.68 bits per heavy atom. The highest BCUT2D eigenvalue weighted by Gasteiger charge is 2.30. The molecule has 2 aromatic carbocycles. The van der Waals surface area contributed by atoms with E-state index in [-0.39, 0.29) is 16.3 Å². The molecule has 2 nitrogen and oxygen atoms in total. The first-order chi connectivity index (χ1) is 10.2. The Kier molecular flexibility index (Phi) is 4.96. The highest BCUT2D eigenvalue weighted by atomic mass is 127. The minimum atomic E-state index is -4.48. The summed E-state index contributed by atoms with van der Waals surface area (Å²) in [6.45, 7) is 0. The fourth-order valence-corrected chi connectivity index (χ4v) is 2.35. The minimum Gasteiger partial charge on any atom is -0.319 e. The molecule has 0 atom stereocenters. The maximum Gasteiger partial charge on any atom is 0.416 e. The second-order valence-corrected chi connectivity index (χ2v) is 5.82. The van der Waals surface area contributed by atoms with Crippen LogP contribution in [-0.4, -0.2) is 5.91 Å². The molecule has 1 amide bonds. The fraction of sp³-hybridized carbons (Fsp3) is 0.0714. The molecule has 0 bridgehead atoms. The van der Waals surface area contributed by atoms with E-state index in [1.54, 1.807) is 0 Å². The molecule has 0 saturated heterocycles. The molecular formula is C14H7ClF4INO. The molecule has 1 N–H and O–H groups in total. The predicted octanol–water partition coefficient (Wildman–Crippen LogP) is 5.35. The number of carbonyl (C=O) groups is 1. The van der Waals surface area contributed by atoms with E-state index < -0.39 is 23.5 Å². The molecular weight excluding hydrogens is 437 g/mol. The van der Waals surface area contributed by atoms with Gasteiger partial charge in [0.15, 0.2) is 5.82 Å². The van der Waals surface area contributed by atoms with E-state index in [4.69, 9.17) is 11.6 Å². The Morgan fingerprint density at radius 1 is 1.09 bits per heavy atom. The number of hydrogen-bond acceptors (Lipinski definition) is 1. The van der Waals surface area contributed by atoms with Crippen LogP contribution < -0.4 is 5.32 Å². The van der Waals surface area contributed by atoms with Crippen LogP contribution in [0.1, 0.15) is 15.9 Å². The lowest BCUT2D eigenvalue weighted by molar-refractivity contribution is -0.137. The summed E-state index contributed by atoms with van der Waals surface area (Å²) in [5.41, 5.74) is -1.01. The van der Waals surface area contributed by atoms with Crippen LogP contribution >= 0.6 is 34.2 Å². The van der Waals surface area contributed by atoms with Crippen LogP contribution in [0.3, 0.4) is 0 Å². The van der Waals surface area contributed by atoms with Crippen molar-refractivity contribution in [1.82, 2.24) is 0 Å². The fourth-order valence-electron chi connectivity index (χ4n) is 1.64. The van der Waals surface area contributed by atoms with E-state index in [0.29, 0.717) is 3.57 Å². The third-order valence-corrected chi connectivity index (χ3v) is 3.95. The van der Waals surface area contributed by atoms with Crippen molar-refractivity contribution in [3.8, 4) is 0 Å². The molecule has 0 aliphatic rings. The molecule has 22 heavy (non-hydrogen) atoms. The van der Waals surface area contributed by atoms with Gasteiger partial charge in [0.2, 0.25) is 0 Å². The van der Waals surface area contributed by atoms with Gasteiger partial charge in [-0.15, -0.1) is 0 Å².